The summed E-state index contributed by atoms with van der Waals surface area (Å²) in [5, 5.41) is 0. The molecule has 6 atom stereocenters. The van der Waals surface area contributed by atoms with Crippen LogP contribution in [0.4, 0.5) is 0 Å². The molecule has 2 fully saturated rings. The highest BCUT2D eigenvalue weighted by atomic mass is 32.2. The lowest BCUT2D eigenvalue weighted by Crippen LogP contribution is -2.64. The highest BCUT2D eigenvalue weighted by Gasteiger charge is 2.54. The average Bonchev–Trinajstić information content (AvgIpc) is 2.94. The minimum atomic E-state index is -4.41. The first kappa shape index (κ1) is 28.8. The Labute approximate surface area is 234 Å². The van der Waals surface area contributed by atoms with Crippen LogP contribution in [0.2, 0.25) is 0 Å². The largest absolute Gasteiger partial charge is 0.353 e. The van der Waals surface area contributed by atoms with Gasteiger partial charge in [0.2, 0.25) is 0 Å². The summed E-state index contributed by atoms with van der Waals surface area (Å²) in [5.74, 6) is 0. The lowest BCUT2D eigenvalue weighted by atomic mass is 9.98. The van der Waals surface area contributed by atoms with E-state index in [1.165, 1.54) is 31.4 Å². The maximum atomic E-state index is 13.5. The average molecular weight is 591 g/mol. The number of methoxy groups -OCH3 is 1. The Bertz CT molecular complexity index is 1510. The van der Waals surface area contributed by atoms with Crippen molar-refractivity contribution in [3.63, 3.8) is 0 Å². The standard InChI is InChI=1S/C28H30O10S2/c1-18-9-13-21(14-10-18)39(29,30)37-25-24-23(17-34-27(36-24)20-7-5-4-6-8-20)35-28(33-3)26(25)38-40(31,32)22-15-11-19(2)12-16-22/h4-16,23-28H,17H2,1-3H3/t23-,24+,25-,26+,27-,28-/m0/s1. The third kappa shape index (κ3) is 6.14. The molecular formula is C28H30O10S2. The van der Waals surface area contributed by atoms with Gasteiger partial charge in [-0.3, -0.25) is 8.37 Å². The van der Waals surface area contributed by atoms with Crippen molar-refractivity contribution in [2.45, 2.75) is 60.6 Å². The third-order valence-corrected chi connectivity index (χ3v) is 9.33. The van der Waals surface area contributed by atoms with E-state index in [4.69, 9.17) is 27.3 Å². The molecule has 10 nitrogen and oxygen atoms in total. The van der Waals surface area contributed by atoms with E-state index < -0.39 is 57.2 Å². The van der Waals surface area contributed by atoms with Crippen LogP contribution in [0.15, 0.2) is 88.7 Å². The fourth-order valence-electron chi connectivity index (χ4n) is 4.54. The summed E-state index contributed by atoms with van der Waals surface area (Å²) in [4.78, 5) is -0.229. The van der Waals surface area contributed by atoms with Crippen LogP contribution < -0.4 is 0 Å². The van der Waals surface area contributed by atoms with Crippen molar-refractivity contribution >= 4 is 20.2 Å². The van der Waals surface area contributed by atoms with E-state index in [0.29, 0.717) is 5.56 Å². The van der Waals surface area contributed by atoms with Gasteiger partial charge in [0.15, 0.2) is 18.7 Å². The van der Waals surface area contributed by atoms with Gasteiger partial charge in [0.05, 0.1) is 16.4 Å². The molecule has 3 aromatic rings. The van der Waals surface area contributed by atoms with Gasteiger partial charge in [0, 0.05) is 12.7 Å². The van der Waals surface area contributed by atoms with Crippen LogP contribution >= 0.6 is 0 Å². The van der Waals surface area contributed by atoms with Crippen molar-refractivity contribution in [3.8, 4) is 0 Å². The molecule has 2 heterocycles. The van der Waals surface area contributed by atoms with Crippen molar-refractivity contribution in [2.75, 3.05) is 13.7 Å². The van der Waals surface area contributed by atoms with Crippen molar-refractivity contribution < 1.29 is 44.1 Å². The summed E-state index contributed by atoms with van der Waals surface area (Å²) in [7, 11) is -7.52. The molecule has 0 bridgehead atoms. The Balaban J connectivity index is 1.53. The van der Waals surface area contributed by atoms with E-state index in [1.807, 2.05) is 32.0 Å². The molecule has 5 rings (SSSR count). The van der Waals surface area contributed by atoms with E-state index in [-0.39, 0.29) is 16.4 Å². The van der Waals surface area contributed by atoms with Crippen molar-refractivity contribution in [3.05, 3.63) is 95.6 Å². The minimum absolute atomic E-state index is 0.00591. The molecule has 0 radical (unpaired) electrons. The van der Waals surface area contributed by atoms with E-state index in [9.17, 15) is 16.8 Å². The number of aryl methyl sites for hydroxylation is 2. The summed E-state index contributed by atoms with van der Waals surface area (Å²) >= 11 is 0. The van der Waals surface area contributed by atoms with Gasteiger partial charge in [0.1, 0.15) is 18.3 Å². The number of ether oxygens (including phenoxy) is 4. The van der Waals surface area contributed by atoms with Gasteiger partial charge in [-0.25, -0.2) is 0 Å². The number of hydrogen-bond donors (Lipinski definition) is 0. The van der Waals surface area contributed by atoms with Crippen LogP contribution in [-0.2, 0) is 47.5 Å². The molecule has 0 spiro atoms. The zero-order valence-electron chi connectivity index (χ0n) is 22.1. The molecule has 0 amide bonds. The molecule has 2 aliphatic rings. The van der Waals surface area contributed by atoms with Gasteiger partial charge in [-0.2, -0.15) is 16.8 Å². The van der Waals surface area contributed by atoms with E-state index in [1.54, 1.807) is 36.4 Å². The Morgan fingerprint density at radius 3 is 1.75 bits per heavy atom. The van der Waals surface area contributed by atoms with Crippen LogP contribution in [0.25, 0.3) is 0 Å². The SMILES string of the molecule is CO[C@H]1O[C@H]2CO[C@H](c3ccccc3)O[C@H]2[C@H](OS(=O)(=O)c2ccc(C)cc2)[C@H]1OS(=O)(=O)c1ccc(C)cc1. The first-order chi connectivity index (χ1) is 19.1. The van der Waals surface area contributed by atoms with Crippen LogP contribution in [0, 0.1) is 13.8 Å². The third-order valence-electron chi connectivity index (χ3n) is 6.68. The van der Waals surface area contributed by atoms with Crippen LogP contribution in [-0.4, -0.2) is 61.3 Å². The smallest absolute Gasteiger partial charge is 0.297 e. The second-order valence-electron chi connectivity index (χ2n) is 9.61. The minimum Gasteiger partial charge on any atom is -0.353 e. The number of fused-ring (bicyclic) bond motifs is 1. The quantitative estimate of drug-likeness (QED) is 0.359. The summed E-state index contributed by atoms with van der Waals surface area (Å²) < 4.78 is 88.4. The number of hydrogen-bond acceptors (Lipinski definition) is 10. The lowest BCUT2D eigenvalue weighted by molar-refractivity contribution is -0.351. The summed E-state index contributed by atoms with van der Waals surface area (Å²) in [5.41, 5.74) is 2.39. The van der Waals surface area contributed by atoms with Crippen LogP contribution in [0.5, 0.6) is 0 Å². The van der Waals surface area contributed by atoms with Gasteiger partial charge in [-0.15, -0.1) is 0 Å². The Hall–Kier alpha value is -2.68. The fourth-order valence-corrected chi connectivity index (χ4v) is 6.71. The first-order valence-electron chi connectivity index (χ1n) is 12.6. The Kier molecular flexibility index (Phi) is 8.41. The van der Waals surface area contributed by atoms with Gasteiger partial charge in [0.25, 0.3) is 20.2 Å². The predicted octanol–water partition coefficient (Wildman–Crippen LogP) is 3.64. The van der Waals surface area contributed by atoms with Gasteiger partial charge in [-0.05, 0) is 38.1 Å². The highest BCUT2D eigenvalue weighted by Crippen LogP contribution is 2.38. The molecule has 40 heavy (non-hydrogen) atoms. The molecule has 0 saturated carbocycles. The van der Waals surface area contributed by atoms with E-state index in [2.05, 4.69) is 0 Å². The number of benzene rings is 3. The van der Waals surface area contributed by atoms with Crippen molar-refractivity contribution in [1.29, 1.82) is 0 Å². The van der Waals surface area contributed by atoms with Crippen molar-refractivity contribution in [2.24, 2.45) is 0 Å². The molecule has 12 heteroatoms. The van der Waals surface area contributed by atoms with Crippen molar-refractivity contribution in [1.82, 2.24) is 0 Å². The van der Waals surface area contributed by atoms with E-state index in [0.717, 1.165) is 11.1 Å². The monoisotopic (exact) mass is 590 g/mol. The summed E-state index contributed by atoms with van der Waals surface area (Å²) in [6.07, 6.45) is -7.17. The molecule has 3 aromatic carbocycles. The zero-order chi connectivity index (χ0) is 28.5. The Morgan fingerprint density at radius 1 is 0.700 bits per heavy atom. The topological polar surface area (TPSA) is 124 Å². The molecule has 2 saturated heterocycles. The van der Waals surface area contributed by atoms with Gasteiger partial charge >= 0.3 is 0 Å². The van der Waals surface area contributed by atoms with Gasteiger partial charge in [-0.1, -0.05) is 65.7 Å². The zero-order valence-corrected chi connectivity index (χ0v) is 23.7. The van der Waals surface area contributed by atoms with Gasteiger partial charge < -0.3 is 18.9 Å². The number of rotatable bonds is 8. The Morgan fingerprint density at radius 2 is 1.23 bits per heavy atom. The van der Waals surface area contributed by atoms with E-state index >= 15 is 0 Å². The van der Waals surface area contributed by atoms with Crippen LogP contribution in [0.3, 0.4) is 0 Å². The maximum absolute atomic E-state index is 13.5. The fraction of sp³-hybridized carbons (Fsp3) is 0.357. The molecular weight excluding hydrogens is 560 g/mol. The molecule has 0 unspecified atom stereocenters. The summed E-state index contributed by atoms with van der Waals surface area (Å²) in [6.45, 7) is 3.65. The molecule has 0 aliphatic carbocycles. The second kappa shape index (κ2) is 11.7. The molecule has 214 valence electrons. The molecule has 0 aromatic heterocycles. The normalized spacial score (nSPS) is 27.2. The second-order valence-corrected chi connectivity index (χ2v) is 12.8. The highest BCUT2D eigenvalue weighted by molar-refractivity contribution is 7.87. The molecule has 0 N–H and O–H groups in total. The first-order valence-corrected chi connectivity index (χ1v) is 15.4. The summed E-state index contributed by atoms with van der Waals surface area (Å²) in [6, 6.07) is 21.2. The predicted molar refractivity (Wildman–Crippen MR) is 142 cm³/mol. The molecule has 2 aliphatic heterocycles. The lowest BCUT2D eigenvalue weighted by Gasteiger charge is -2.47. The van der Waals surface area contributed by atoms with Crippen LogP contribution in [0.1, 0.15) is 23.0 Å². The maximum Gasteiger partial charge on any atom is 0.297 e.